The van der Waals surface area contributed by atoms with Gasteiger partial charge in [-0.25, -0.2) is 8.42 Å². The number of hydrogen-bond donors (Lipinski definition) is 1. The van der Waals surface area contributed by atoms with Crippen molar-refractivity contribution in [2.45, 2.75) is 42.7 Å². The molecule has 2 saturated heterocycles. The van der Waals surface area contributed by atoms with Gasteiger partial charge >= 0.3 is 6.18 Å². The molecule has 0 aliphatic carbocycles. The first-order valence-corrected chi connectivity index (χ1v) is 14.3. The fourth-order valence-corrected chi connectivity index (χ4v) is 7.27. The molecule has 9 nitrogen and oxygen atoms in total. The molecule has 4 rings (SSSR count). The first kappa shape index (κ1) is 30.4. The van der Waals surface area contributed by atoms with E-state index in [1.165, 1.54) is 36.4 Å². The Morgan fingerprint density at radius 3 is 2.20 bits per heavy atom. The molecule has 0 radical (unpaired) electrons. The number of piperazine rings is 1. The van der Waals surface area contributed by atoms with Gasteiger partial charge in [0.15, 0.2) is 0 Å². The van der Waals surface area contributed by atoms with Gasteiger partial charge in [-0.3, -0.25) is 14.4 Å². The lowest BCUT2D eigenvalue weighted by atomic mass is 9.97. The number of rotatable bonds is 6. The maximum atomic E-state index is 13.9. The van der Waals surface area contributed by atoms with Gasteiger partial charge in [-0.1, -0.05) is 46.9 Å². The molecular weight excluding hydrogens is 620 g/mol. The summed E-state index contributed by atoms with van der Waals surface area (Å²) in [6.45, 7) is -1.92. The number of alkyl halides is 3. The predicted octanol–water partition coefficient (Wildman–Crippen LogP) is 3.33. The van der Waals surface area contributed by atoms with Crippen LogP contribution in [0.2, 0.25) is 15.1 Å². The highest BCUT2D eigenvalue weighted by Gasteiger charge is 2.55. The van der Waals surface area contributed by atoms with Crippen LogP contribution in [0.25, 0.3) is 0 Å². The number of benzene rings is 2. The molecule has 40 heavy (non-hydrogen) atoms. The van der Waals surface area contributed by atoms with E-state index >= 15 is 0 Å². The highest BCUT2D eigenvalue weighted by Crippen LogP contribution is 2.35. The van der Waals surface area contributed by atoms with E-state index in [1.54, 1.807) is 0 Å². The number of carbonyl (C=O) groups excluding carboxylic acids is 3. The topological polar surface area (TPSA) is 107 Å². The minimum atomic E-state index is -4.80. The van der Waals surface area contributed by atoms with Crippen LogP contribution in [-0.2, 0) is 30.8 Å². The summed E-state index contributed by atoms with van der Waals surface area (Å²) in [5.74, 6) is -2.50. The summed E-state index contributed by atoms with van der Waals surface area (Å²) in [5, 5.41) is 2.63. The second-order valence-electron chi connectivity index (χ2n) is 9.31. The van der Waals surface area contributed by atoms with E-state index in [4.69, 9.17) is 34.8 Å². The molecule has 0 saturated carbocycles. The molecule has 216 valence electrons. The van der Waals surface area contributed by atoms with E-state index in [0.717, 1.165) is 22.2 Å². The predicted molar refractivity (Wildman–Crippen MR) is 140 cm³/mol. The Labute approximate surface area is 242 Å². The Morgan fingerprint density at radius 2 is 1.62 bits per heavy atom. The number of nitrogens with zero attached hydrogens (tertiary/aromatic N) is 3. The molecule has 2 aromatic carbocycles. The van der Waals surface area contributed by atoms with Gasteiger partial charge < -0.3 is 15.1 Å². The molecule has 3 atom stereocenters. The lowest BCUT2D eigenvalue weighted by molar-refractivity contribution is -0.183. The normalized spacial score (nSPS) is 22.3. The summed E-state index contributed by atoms with van der Waals surface area (Å²) in [6.07, 6.45) is -6.58. The third kappa shape index (κ3) is 6.33. The van der Waals surface area contributed by atoms with Gasteiger partial charge in [0, 0.05) is 29.9 Å². The molecule has 3 amide bonds. The van der Waals surface area contributed by atoms with Crippen LogP contribution in [0.4, 0.5) is 13.2 Å². The summed E-state index contributed by atoms with van der Waals surface area (Å²) in [6, 6.07) is 6.71. The third-order valence-electron chi connectivity index (χ3n) is 6.46. The fourth-order valence-electron chi connectivity index (χ4n) is 4.81. The number of hydrogen-bond acceptors (Lipinski definition) is 5. The lowest BCUT2D eigenvalue weighted by Gasteiger charge is -2.53. The van der Waals surface area contributed by atoms with Gasteiger partial charge in [0.2, 0.25) is 27.7 Å². The maximum Gasteiger partial charge on any atom is 0.406 e. The minimum absolute atomic E-state index is 0.137. The van der Waals surface area contributed by atoms with Crippen molar-refractivity contribution in [2.24, 2.45) is 0 Å². The third-order valence-corrected chi connectivity index (χ3v) is 9.29. The first-order chi connectivity index (χ1) is 18.6. The fraction of sp³-hybridized carbons (Fsp3) is 0.375. The molecule has 2 fully saturated rings. The van der Waals surface area contributed by atoms with Crippen LogP contribution in [-0.4, -0.2) is 84.3 Å². The van der Waals surface area contributed by atoms with Crippen molar-refractivity contribution in [3.8, 4) is 0 Å². The summed E-state index contributed by atoms with van der Waals surface area (Å²) in [4.78, 5) is 40.0. The largest absolute Gasteiger partial charge is 0.406 e. The van der Waals surface area contributed by atoms with E-state index in [1.807, 2.05) is 0 Å². The molecule has 2 heterocycles. The number of amides is 3. The molecule has 0 aromatic heterocycles. The Bertz CT molecular complexity index is 1440. The Morgan fingerprint density at radius 1 is 1.00 bits per heavy atom. The average Bonchev–Trinajstić information content (AvgIpc) is 2.83. The average molecular weight is 642 g/mol. The summed E-state index contributed by atoms with van der Waals surface area (Å²) >= 11 is 18.0. The van der Waals surface area contributed by atoms with Crippen LogP contribution < -0.4 is 5.32 Å². The minimum Gasteiger partial charge on any atom is -0.343 e. The second kappa shape index (κ2) is 11.4. The van der Waals surface area contributed by atoms with Gasteiger partial charge in [-0.05, 0) is 35.9 Å². The van der Waals surface area contributed by atoms with Gasteiger partial charge in [0.25, 0.3) is 0 Å². The van der Waals surface area contributed by atoms with E-state index in [0.29, 0.717) is 15.5 Å². The van der Waals surface area contributed by atoms with E-state index in [9.17, 15) is 36.0 Å². The van der Waals surface area contributed by atoms with Crippen LogP contribution >= 0.6 is 34.8 Å². The zero-order valence-corrected chi connectivity index (χ0v) is 23.7. The number of carbonyl (C=O) groups is 3. The monoisotopic (exact) mass is 640 g/mol. The van der Waals surface area contributed by atoms with Crippen molar-refractivity contribution in [3.05, 3.63) is 63.1 Å². The number of halogens is 6. The van der Waals surface area contributed by atoms with Gasteiger partial charge in [-0.2, -0.15) is 17.5 Å². The van der Waals surface area contributed by atoms with Crippen molar-refractivity contribution in [1.29, 1.82) is 0 Å². The van der Waals surface area contributed by atoms with Gasteiger partial charge in [0.1, 0.15) is 29.7 Å². The van der Waals surface area contributed by atoms with Gasteiger partial charge in [-0.15, -0.1) is 0 Å². The van der Waals surface area contributed by atoms with E-state index in [-0.39, 0.29) is 16.5 Å². The first-order valence-electron chi connectivity index (χ1n) is 11.7. The van der Waals surface area contributed by atoms with E-state index in [2.05, 4.69) is 5.32 Å². The molecule has 3 unspecified atom stereocenters. The summed E-state index contributed by atoms with van der Waals surface area (Å²) in [5.41, 5.74) is 0.458. The standard InChI is InChI=1S/C24H22Cl3F3N4O5S/c1-13(35)31-18-10-33(40(38,39)20-7-6-16(26)9-17(20)27)21-11-32(12-24(28,29)30)23(37)19(34(21)22(18)36)8-14-2-4-15(25)5-3-14/h2-7,9,18-19,21H,8,10-12H2,1H3,(H,31,35). The van der Waals surface area contributed by atoms with Crippen molar-refractivity contribution in [1.82, 2.24) is 19.4 Å². The highest BCUT2D eigenvalue weighted by molar-refractivity contribution is 7.89. The molecule has 2 aromatic rings. The molecule has 2 aliphatic heterocycles. The highest BCUT2D eigenvalue weighted by atomic mass is 35.5. The van der Waals surface area contributed by atoms with E-state index < -0.39 is 76.7 Å². The second-order valence-corrected chi connectivity index (χ2v) is 12.4. The summed E-state index contributed by atoms with van der Waals surface area (Å²) in [7, 11) is -4.60. The van der Waals surface area contributed by atoms with Crippen molar-refractivity contribution >= 4 is 62.5 Å². The van der Waals surface area contributed by atoms with Crippen LogP contribution in [0.3, 0.4) is 0 Å². The SMILES string of the molecule is CC(=O)NC1CN(S(=O)(=O)c2ccc(Cl)cc2Cl)C2CN(CC(F)(F)F)C(=O)C(Cc3ccc(Cl)cc3)N2C1=O. The Kier molecular flexibility index (Phi) is 8.63. The number of fused-ring (bicyclic) bond motifs is 1. The lowest BCUT2D eigenvalue weighted by Crippen LogP contribution is -2.76. The number of nitrogens with one attached hydrogen (secondary N) is 1. The zero-order chi connectivity index (χ0) is 29.6. The maximum absolute atomic E-state index is 13.9. The number of sulfonamides is 1. The Hall–Kier alpha value is -2.58. The van der Waals surface area contributed by atoms with Crippen molar-refractivity contribution in [3.63, 3.8) is 0 Å². The Balaban J connectivity index is 1.85. The molecule has 1 N–H and O–H groups in total. The van der Waals surface area contributed by atoms with Crippen molar-refractivity contribution in [2.75, 3.05) is 19.6 Å². The van der Waals surface area contributed by atoms with Crippen LogP contribution in [0.1, 0.15) is 12.5 Å². The van der Waals surface area contributed by atoms with Gasteiger partial charge in [0.05, 0.1) is 11.6 Å². The smallest absolute Gasteiger partial charge is 0.343 e. The van der Waals surface area contributed by atoms with Crippen LogP contribution in [0.15, 0.2) is 47.4 Å². The molecule has 0 bridgehead atoms. The summed E-state index contributed by atoms with van der Waals surface area (Å²) < 4.78 is 69.1. The quantitative estimate of drug-likeness (QED) is 0.521. The molecule has 0 spiro atoms. The molecular formula is C24H22Cl3F3N4O5S. The molecule has 2 aliphatic rings. The van der Waals surface area contributed by atoms with Crippen LogP contribution in [0, 0.1) is 0 Å². The van der Waals surface area contributed by atoms with Crippen LogP contribution in [0.5, 0.6) is 0 Å². The molecule has 16 heteroatoms. The van der Waals surface area contributed by atoms with Crippen molar-refractivity contribution < 1.29 is 36.0 Å². The zero-order valence-electron chi connectivity index (χ0n) is 20.7.